The quantitative estimate of drug-likeness (QED) is 0.734. The monoisotopic (exact) mass is 309 g/mol. The fourth-order valence-corrected chi connectivity index (χ4v) is 1.90. The highest BCUT2D eigenvalue weighted by atomic mass is 16.2. The van der Waals surface area contributed by atoms with Crippen LogP contribution in [0.3, 0.4) is 0 Å². The summed E-state index contributed by atoms with van der Waals surface area (Å²) in [7, 11) is 0. The number of amides is 2. The van der Waals surface area contributed by atoms with Crippen LogP contribution in [-0.4, -0.2) is 31.0 Å². The van der Waals surface area contributed by atoms with Gasteiger partial charge in [-0.1, -0.05) is 11.3 Å². The minimum atomic E-state index is -0.286. The van der Waals surface area contributed by atoms with E-state index in [0.717, 1.165) is 11.4 Å². The highest BCUT2D eigenvalue weighted by Gasteiger charge is 2.05. The number of urea groups is 1. The molecule has 23 heavy (non-hydrogen) atoms. The Kier molecular flexibility index (Phi) is 4.53. The van der Waals surface area contributed by atoms with E-state index >= 15 is 0 Å². The number of carbonyl (C=O) groups excluding carboxylic acids is 1. The predicted molar refractivity (Wildman–Crippen MR) is 82.5 cm³/mol. The molecule has 0 spiro atoms. The van der Waals surface area contributed by atoms with Gasteiger partial charge in [0.05, 0.1) is 36.9 Å². The van der Waals surface area contributed by atoms with Crippen molar-refractivity contribution in [2.45, 2.75) is 13.1 Å². The topological polar surface area (TPSA) is 97.6 Å². The molecule has 0 unspecified atom stereocenters. The summed E-state index contributed by atoms with van der Waals surface area (Å²) in [4.78, 5) is 19.9. The zero-order chi connectivity index (χ0) is 15.9. The van der Waals surface area contributed by atoms with Crippen molar-refractivity contribution < 1.29 is 4.79 Å². The summed E-state index contributed by atoms with van der Waals surface area (Å²) in [6.07, 6.45) is 6.81. The summed E-state index contributed by atoms with van der Waals surface area (Å²) in [5, 5.41) is 13.5. The third-order valence-corrected chi connectivity index (χ3v) is 3.04. The molecule has 0 radical (unpaired) electrons. The Hall–Kier alpha value is -3.29. The zero-order valence-corrected chi connectivity index (χ0v) is 12.3. The molecule has 3 aromatic rings. The first kappa shape index (κ1) is 14.6. The average Bonchev–Trinajstić information content (AvgIpc) is 3.09. The van der Waals surface area contributed by atoms with Crippen LogP contribution in [0.25, 0.3) is 5.69 Å². The molecular formula is C15H15N7O. The smallest absolute Gasteiger partial charge is 0.315 e. The molecule has 0 aliphatic heterocycles. The van der Waals surface area contributed by atoms with Crippen LogP contribution >= 0.6 is 0 Å². The van der Waals surface area contributed by atoms with Gasteiger partial charge in [0.2, 0.25) is 0 Å². The zero-order valence-electron chi connectivity index (χ0n) is 12.3. The Bertz CT molecular complexity index is 758. The molecule has 0 aliphatic carbocycles. The van der Waals surface area contributed by atoms with Crippen LogP contribution in [0.2, 0.25) is 0 Å². The van der Waals surface area contributed by atoms with Crippen LogP contribution in [0.4, 0.5) is 4.79 Å². The molecular weight excluding hydrogens is 294 g/mol. The number of aromatic nitrogens is 5. The fourth-order valence-electron chi connectivity index (χ4n) is 1.90. The molecule has 8 heteroatoms. The second kappa shape index (κ2) is 7.12. The highest BCUT2D eigenvalue weighted by molar-refractivity contribution is 5.73. The predicted octanol–water partition coefficient (Wildman–Crippen LogP) is 1.06. The largest absolute Gasteiger partial charge is 0.333 e. The lowest BCUT2D eigenvalue weighted by Gasteiger charge is -2.05. The molecule has 8 nitrogen and oxygen atoms in total. The van der Waals surface area contributed by atoms with Crippen molar-refractivity contribution in [1.29, 1.82) is 0 Å². The van der Waals surface area contributed by atoms with Crippen molar-refractivity contribution in [3.63, 3.8) is 0 Å². The van der Waals surface area contributed by atoms with Crippen molar-refractivity contribution >= 4 is 6.03 Å². The van der Waals surface area contributed by atoms with E-state index in [-0.39, 0.29) is 12.6 Å². The SMILES string of the molecule is O=C(NCc1ccccn1)NCc1cn(-c2cccnc2)nn1. The first-order valence-corrected chi connectivity index (χ1v) is 7.04. The van der Waals surface area contributed by atoms with E-state index in [4.69, 9.17) is 0 Å². The van der Waals surface area contributed by atoms with Gasteiger partial charge in [-0.15, -0.1) is 5.10 Å². The molecule has 0 aromatic carbocycles. The van der Waals surface area contributed by atoms with Crippen LogP contribution in [-0.2, 0) is 13.1 Å². The van der Waals surface area contributed by atoms with E-state index in [2.05, 4.69) is 30.9 Å². The van der Waals surface area contributed by atoms with Gasteiger partial charge in [-0.2, -0.15) is 0 Å². The molecule has 0 saturated heterocycles. The van der Waals surface area contributed by atoms with Gasteiger partial charge in [0.25, 0.3) is 0 Å². The molecule has 3 rings (SSSR count). The standard InChI is InChI=1S/C15H15N7O/c23-15(18-8-12-4-1-2-7-17-12)19-9-13-11-22(21-20-13)14-5-3-6-16-10-14/h1-7,10-11H,8-9H2,(H2,18,19,23). The number of carbonyl (C=O) groups is 1. The molecule has 2 N–H and O–H groups in total. The van der Waals surface area contributed by atoms with Crippen molar-refractivity contribution in [3.8, 4) is 5.69 Å². The number of hydrogen-bond donors (Lipinski definition) is 2. The summed E-state index contributed by atoms with van der Waals surface area (Å²) >= 11 is 0. The molecule has 0 atom stereocenters. The lowest BCUT2D eigenvalue weighted by Crippen LogP contribution is -2.34. The fraction of sp³-hybridized carbons (Fsp3) is 0.133. The maximum atomic E-state index is 11.8. The van der Waals surface area contributed by atoms with Crippen LogP contribution in [0, 0.1) is 0 Å². The minimum absolute atomic E-state index is 0.286. The summed E-state index contributed by atoms with van der Waals surface area (Å²) in [6, 6.07) is 8.96. The first-order valence-electron chi connectivity index (χ1n) is 7.04. The normalized spacial score (nSPS) is 10.3. The summed E-state index contributed by atoms with van der Waals surface area (Å²) < 4.78 is 1.61. The van der Waals surface area contributed by atoms with E-state index in [1.807, 2.05) is 30.3 Å². The number of nitrogens with one attached hydrogen (secondary N) is 2. The lowest BCUT2D eigenvalue weighted by atomic mass is 10.3. The van der Waals surface area contributed by atoms with Crippen LogP contribution in [0.15, 0.2) is 55.1 Å². The van der Waals surface area contributed by atoms with Gasteiger partial charge < -0.3 is 10.6 Å². The molecule has 116 valence electrons. The first-order chi connectivity index (χ1) is 11.3. The van der Waals surface area contributed by atoms with Crippen LogP contribution < -0.4 is 10.6 Å². The van der Waals surface area contributed by atoms with Crippen molar-refractivity contribution in [1.82, 2.24) is 35.6 Å². The number of nitrogens with zero attached hydrogens (tertiary/aromatic N) is 5. The highest BCUT2D eigenvalue weighted by Crippen LogP contribution is 2.03. The summed E-state index contributed by atoms with van der Waals surface area (Å²) in [6.45, 7) is 0.656. The van der Waals surface area contributed by atoms with Crippen molar-refractivity contribution in [2.75, 3.05) is 0 Å². The average molecular weight is 309 g/mol. The van der Waals surface area contributed by atoms with Gasteiger partial charge in [-0.05, 0) is 24.3 Å². The van der Waals surface area contributed by atoms with Crippen LogP contribution in [0.1, 0.15) is 11.4 Å². The maximum Gasteiger partial charge on any atom is 0.315 e. The van der Waals surface area contributed by atoms with Gasteiger partial charge in [0.15, 0.2) is 0 Å². The lowest BCUT2D eigenvalue weighted by molar-refractivity contribution is 0.240. The molecule has 3 aromatic heterocycles. The summed E-state index contributed by atoms with van der Waals surface area (Å²) in [5.41, 5.74) is 2.26. The second-order valence-electron chi connectivity index (χ2n) is 4.72. The van der Waals surface area contributed by atoms with E-state index in [1.165, 1.54) is 0 Å². The Balaban J connectivity index is 1.49. The number of rotatable bonds is 5. The molecule has 0 fully saturated rings. The Morgan fingerprint density at radius 2 is 1.91 bits per heavy atom. The third-order valence-electron chi connectivity index (χ3n) is 3.04. The van der Waals surface area contributed by atoms with Crippen molar-refractivity contribution in [3.05, 3.63) is 66.5 Å². The van der Waals surface area contributed by atoms with Gasteiger partial charge in [-0.25, -0.2) is 9.48 Å². The Labute approximate surface area is 132 Å². The van der Waals surface area contributed by atoms with Gasteiger partial charge >= 0.3 is 6.03 Å². The van der Waals surface area contributed by atoms with Gasteiger partial charge in [-0.3, -0.25) is 9.97 Å². The Morgan fingerprint density at radius 3 is 2.65 bits per heavy atom. The minimum Gasteiger partial charge on any atom is -0.333 e. The van der Waals surface area contributed by atoms with Crippen molar-refractivity contribution in [2.24, 2.45) is 0 Å². The van der Waals surface area contributed by atoms with Crippen LogP contribution in [0.5, 0.6) is 0 Å². The molecule has 0 bridgehead atoms. The van der Waals surface area contributed by atoms with E-state index in [1.54, 1.807) is 29.5 Å². The second-order valence-corrected chi connectivity index (χ2v) is 4.72. The number of pyridine rings is 2. The maximum absolute atomic E-state index is 11.8. The van der Waals surface area contributed by atoms with E-state index < -0.39 is 0 Å². The van der Waals surface area contributed by atoms with Gasteiger partial charge in [0, 0.05) is 12.4 Å². The Morgan fingerprint density at radius 1 is 1.04 bits per heavy atom. The molecule has 0 saturated carbocycles. The van der Waals surface area contributed by atoms with E-state index in [0.29, 0.717) is 12.2 Å². The van der Waals surface area contributed by atoms with E-state index in [9.17, 15) is 4.79 Å². The third kappa shape index (κ3) is 4.10. The number of hydrogen-bond acceptors (Lipinski definition) is 5. The molecule has 3 heterocycles. The molecule has 0 aliphatic rings. The van der Waals surface area contributed by atoms with Gasteiger partial charge in [0.1, 0.15) is 5.69 Å². The summed E-state index contributed by atoms with van der Waals surface area (Å²) in [5.74, 6) is 0. The molecule has 2 amide bonds.